The predicted octanol–water partition coefficient (Wildman–Crippen LogP) is 2.46. The van der Waals surface area contributed by atoms with Gasteiger partial charge in [0.1, 0.15) is 0 Å². The summed E-state index contributed by atoms with van der Waals surface area (Å²) in [6.07, 6.45) is 0.200. The van der Waals surface area contributed by atoms with Gasteiger partial charge in [0.05, 0.1) is 12.1 Å². The van der Waals surface area contributed by atoms with Crippen molar-refractivity contribution in [1.29, 1.82) is 0 Å². The van der Waals surface area contributed by atoms with Crippen LogP contribution in [-0.4, -0.2) is 42.1 Å². The van der Waals surface area contributed by atoms with Gasteiger partial charge >= 0.3 is 0 Å². The molecule has 1 fully saturated rings. The van der Waals surface area contributed by atoms with Gasteiger partial charge in [-0.15, -0.1) is 0 Å². The number of carbonyl (C=O) groups excluding carboxylic acids is 1. The van der Waals surface area contributed by atoms with E-state index in [2.05, 4.69) is 0 Å². The molecular formula is C19H22N2O2. The molecule has 1 N–H and O–H groups in total. The van der Waals surface area contributed by atoms with E-state index in [0.717, 1.165) is 24.2 Å². The van der Waals surface area contributed by atoms with E-state index in [-0.39, 0.29) is 11.9 Å². The summed E-state index contributed by atoms with van der Waals surface area (Å²) < 4.78 is 0. The number of anilines is 1. The second-order valence-corrected chi connectivity index (χ2v) is 6.00. The van der Waals surface area contributed by atoms with Crippen molar-refractivity contribution in [3.05, 3.63) is 66.2 Å². The molecule has 0 aromatic heterocycles. The second-order valence-electron chi connectivity index (χ2n) is 6.00. The first-order chi connectivity index (χ1) is 11.2. The summed E-state index contributed by atoms with van der Waals surface area (Å²) >= 11 is 0. The third-order valence-electron chi connectivity index (χ3n) is 4.42. The molecule has 4 nitrogen and oxygen atoms in total. The lowest BCUT2D eigenvalue weighted by Gasteiger charge is -2.26. The van der Waals surface area contributed by atoms with Gasteiger partial charge in [0.15, 0.2) is 0 Å². The van der Waals surface area contributed by atoms with Crippen LogP contribution in [0.25, 0.3) is 0 Å². The van der Waals surface area contributed by atoms with E-state index < -0.39 is 6.10 Å². The highest BCUT2D eigenvalue weighted by Crippen LogP contribution is 2.25. The lowest BCUT2D eigenvalue weighted by atomic mass is 10.1. The van der Waals surface area contributed by atoms with Crippen LogP contribution in [0.4, 0.5) is 5.69 Å². The molecule has 2 atom stereocenters. The number of para-hydroxylation sites is 1. The molecule has 2 unspecified atom stereocenters. The number of aliphatic hydroxyl groups is 1. The molecule has 3 rings (SSSR count). The third kappa shape index (κ3) is 3.44. The predicted molar refractivity (Wildman–Crippen MR) is 91.2 cm³/mol. The zero-order valence-electron chi connectivity index (χ0n) is 13.3. The highest BCUT2D eigenvalue weighted by molar-refractivity contribution is 5.99. The van der Waals surface area contributed by atoms with Crippen LogP contribution in [0.15, 0.2) is 60.7 Å². The Morgan fingerprint density at radius 2 is 1.74 bits per heavy atom. The van der Waals surface area contributed by atoms with Crippen molar-refractivity contribution < 1.29 is 9.90 Å². The van der Waals surface area contributed by atoms with Crippen molar-refractivity contribution in [1.82, 2.24) is 4.90 Å². The molecule has 0 saturated carbocycles. The summed E-state index contributed by atoms with van der Waals surface area (Å²) in [5.74, 6) is 0.110. The van der Waals surface area contributed by atoms with E-state index in [1.54, 1.807) is 0 Å². The maximum atomic E-state index is 12.7. The van der Waals surface area contributed by atoms with Gasteiger partial charge < -0.3 is 10.0 Å². The Labute approximate surface area is 137 Å². The van der Waals surface area contributed by atoms with Crippen molar-refractivity contribution >= 4 is 11.6 Å². The van der Waals surface area contributed by atoms with E-state index in [0.29, 0.717) is 6.54 Å². The van der Waals surface area contributed by atoms with Gasteiger partial charge in [-0.05, 0) is 31.2 Å². The summed E-state index contributed by atoms with van der Waals surface area (Å²) in [7, 11) is 1.91. The monoisotopic (exact) mass is 310 g/mol. The van der Waals surface area contributed by atoms with Crippen molar-refractivity contribution in [2.75, 3.05) is 25.0 Å². The molecule has 0 radical (unpaired) electrons. The minimum absolute atomic E-state index is 0.110. The highest BCUT2D eigenvalue weighted by Gasteiger charge is 2.35. The smallest absolute Gasteiger partial charge is 0.244 e. The number of hydrogen-bond acceptors (Lipinski definition) is 3. The van der Waals surface area contributed by atoms with Gasteiger partial charge in [0.2, 0.25) is 5.91 Å². The van der Waals surface area contributed by atoms with Crippen LogP contribution in [0, 0.1) is 0 Å². The quantitative estimate of drug-likeness (QED) is 0.922. The zero-order chi connectivity index (χ0) is 16.2. The lowest BCUT2D eigenvalue weighted by Crippen LogP contribution is -2.41. The first-order valence-corrected chi connectivity index (χ1v) is 7.96. The Kier molecular flexibility index (Phi) is 4.74. The Hall–Kier alpha value is -2.17. The number of likely N-dealkylation sites (N-methyl/N-ethyl adjacent to an activating group) is 1. The Morgan fingerprint density at radius 3 is 2.39 bits per heavy atom. The fourth-order valence-electron chi connectivity index (χ4n) is 3.12. The van der Waals surface area contributed by atoms with Gasteiger partial charge in [-0.3, -0.25) is 9.69 Å². The fourth-order valence-corrected chi connectivity index (χ4v) is 3.12. The molecule has 120 valence electrons. The minimum Gasteiger partial charge on any atom is -0.387 e. The standard InChI is InChI=1S/C19H22N2O2/c1-20(14-18(22)15-8-4-2-5-9-15)17-12-13-21(19(17)23)16-10-6-3-7-11-16/h2-11,17-18,22H,12-14H2,1H3. The number of rotatable bonds is 5. The molecule has 0 spiro atoms. The van der Waals surface area contributed by atoms with Gasteiger partial charge in [-0.2, -0.15) is 0 Å². The van der Waals surface area contributed by atoms with Gasteiger partial charge in [0.25, 0.3) is 0 Å². The third-order valence-corrected chi connectivity index (χ3v) is 4.42. The number of aliphatic hydroxyl groups excluding tert-OH is 1. The number of amides is 1. The first-order valence-electron chi connectivity index (χ1n) is 7.96. The maximum Gasteiger partial charge on any atom is 0.244 e. The van der Waals surface area contributed by atoms with Crippen molar-refractivity contribution in [3.8, 4) is 0 Å². The first kappa shape index (κ1) is 15.7. The molecule has 2 aromatic rings. The molecule has 1 amide bonds. The molecule has 0 bridgehead atoms. The number of nitrogens with zero attached hydrogens (tertiary/aromatic N) is 2. The summed E-state index contributed by atoms with van der Waals surface area (Å²) in [6, 6.07) is 19.1. The number of benzene rings is 2. The fraction of sp³-hybridized carbons (Fsp3) is 0.316. The molecule has 0 aliphatic carbocycles. The summed E-state index contributed by atoms with van der Waals surface area (Å²) in [5, 5.41) is 10.4. The van der Waals surface area contributed by atoms with Crippen LogP contribution < -0.4 is 4.90 Å². The summed E-state index contributed by atoms with van der Waals surface area (Å²) in [6.45, 7) is 1.17. The molecule has 4 heteroatoms. The van der Waals surface area contributed by atoms with E-state index >= 15 is 0 Å². The Balaban J connectivity index is 1.65. The van der Waals surface area contributed by atoms with E-state index in [1.807, 2.05) is 77.5 Å². The normalized spacial score (nSPS) is 19.3. The van der Waals surface area contributed by atoms with Crippen molar-refractivity contribution in [2.45, 2.75) is 18.6 Å². The molecular weight excluding hydrogens is 288 g/mol. The average molecular weight is 310 g/mol. The van der Waals surface area contributed by atoms with Gasteiger partial charge in [-0.25, -0.2) is 0 Å². The molecule has 1 heterocycles. The van der Waals surface area contributed by atoms with Gasteiger partial charge in [0, 0.05) is 18.8 Å². The van der Waals surface area contributed by atoms with Crippen LogP contribution in [0.2, 0.25) is 0 Å². The number of carbonyl (C=O) groups is 1. The topological polar surface area (TPSA) is 43.8 Å². The number of hydrogen-bond donors (Lipinski definition) is 1. The molecule has 1 aliphatic heterocycles. The van der Waals surface area contributed by atoms with E-state index in [4.69, 9.17) is 0 Å². The van der Waals surface area contributed by atoms with Crippen molar-refractivity contribution in [3.63, 3.8) is 0 Å². The van der Waals surface area contributed by atoms with Crippen LogP contribution >= 0.6 is 0 Å². The molecule has 2 aromatic carbocycles. The largest absolute Gasteiger partial charge is 0.387 e. The molecule has 1 saturated heterocycles. The maximum absolute atomic E-state index is 12.7. The molecule has 1 aliphatic rings. The zero-order valence-corrected chi connectivity index (χ0v) is 13.3. The van der Waals surface area contributed by atoms with E-state index in [1.165, 1.54) is 0 Å². The van der Waals surface area contributed by atoms with E-state index in [9.17, 15) is 9.90 Å². The second kappa shape index (κ2) is 6.94. The lowest BCUT2D eigenvalue weighted by molar-refractivity contribution is -0.121. The van der Waals surface area contributed by atoms with Gasteiger partial charge in [-0.1, -0.05) is 48.5 Å². The summed E-state index contributed by atoms with van der Waals surface area (Å²) in [5.41, 5.74) is 1.82. The average Bonchev–Trinajstić information content (AvgIpc) is 2.98. The Bertz CT molecular complexity index is 645. The minimum atomic E-state index is -0.584. The molecule has 23 heavy (non-hydrogen) atoms. The summed E-state index contributed by atoms with van der Waals surface area (Å²) in [4.78, 5) is 16.5. The van der Waals surface area contributed by atoms with Crippen LogP contribution in [0.5, 0.6) is 0 Å². The van der Waals surface area contributed by atoms with Crippen LogP contribution in [0.3, 0.4) is 0 Å². The Morgan fingerprint density at radius 1 is 1.13 bits per heavy atom. The SMILES string of the molecule is CN(CC(O)c1ccccc1)C1CCN(c2ccccc2)C1=O. The van der Waals surface area contributed by atoms with Crippen molar-refractivity contribution in [2.24, 2.45) is 0 Å². The van der Waals surface area contributed by atoms with Crippen LogP contribution in [-0.2, 0) is 4.79 Å². The van der Waals surface area contributed by atoms with Crippen LogP contribution in [0.1, 0.15) is 18.1 Å². The highest BCUT2D eigenvalue weighted by atomic mass is 16.3.